The van der Waals surface area contributed by atoms with E-state index < -0.39 is 0 Å². The smallest absolute Gasteiger partial charge is 0.319 e. The standard InChI is InChI=1S/C21H18BrFN6O/c1-3-24-21(30)27-17-6-4-5-14(12(17)2)19-11-26-20-25-10-18(28-29(19)20)13-7-8-15(22)16(23)9-13/h4-11H,3H2,1-2H3,(H2,24,27,30). The normalized spacial score (nSPS) is 10.9. The van der Waals surface area contributed by atoms with Gasteiger partial charge in [0.2, 0.25) is 0 Å². The van der Waals surface area contributed by atoms with Gasteiger partial charge in [-0.2, -0.15) is 9.61 Å². The van der Waals surface area contributed by atoms with E-state index in [-0.39, 0.29) is 11.8 Å². The van der Waals surface area contributed by atoms with Crippen LogP contribution in [0.2, 0.25) is 0 Å². The third-order valence-corrected chi connectivity index (χ3v) is 5.28. The summed E-state index contributed by atoms with van der Waals surface area (Å²) in [5, 5.41) is 10.2. The highest BCUT2D eigenvalue weighted by Crippen LogP contribution is 2.29. The van der Waals surface area contributed by atoms with E-state index in [1.807, 2.05) is 32.0 Å². The molecule has 0 saturated heterocycles. The van der Waals surface area contributed by atoms with Crippen LogP contribution in [0.5, 0.6) is 0 Å². The van der Waals surface area contributed by atoms with Crippen LogP contribution in [0, 0.1) is 12.7 Å². The quantitative estimate of drug-likeness (QED) is 0.450. The molecule has 0 aliphatic carbocycles. The molecule has 0 spiro atoms. The second-order valence-electron chi connectivity index (χ2n) is 6.59. The first-order valence-corrected chi connectivity index (χ1v) is 10.1. The maximum absolute atomic E-state index is 14.0. The number of hydrogen-bond acceptors (Lipinski definition) is 4. The molecule has 0 aliphatic rings. The Labute approximate surface area is 180 Å². The summed E-state index contributed by atoms with van der Waals surface area (Å²) in [5.74, 6) is 0.0491. The number of carbonyl (C=O) groups excluding carboxylic acids is 1. The number of hydrogen-bond donors (Lipinski definition) is 2. The molecule has 7 nitrogen and oxygen atoms in total. The lowest BCUT2D eigenvalue weighted by molar-refractivity contribution is 0.252. The van der Waals surface area contributed by atoms with Crippen molar-refractivity contribution >= 4 is 33.4 Å². The van der Waals surface area contributed by atoms with Crippen molar-refractivity contribution in [2.45, 2.75) is 13.8 Å². The Morgan fingerprint density at radius 1 is 1.20 bits per heavy atom. The molecule has 2 N–H and O–H groups in total. The summed E-state index contributed by atoms with van der Waals surface area (Å²) in [5.41, 5.74) is 4.25. The number of halogens is 2. The molecule has 2 amide bonds. The highest BCUT2D eigenvalue weighted by Gasteiger charge is 2.15. The predicted octanol–water partition coefficient (Wildman–Crippen LogP) is 4.81. The number of rotatable bonds is 4. The maximum atomic E-state index is 14.0. The Morgan fingerprint density at radius 2 is 2.00 bits per heavy atom. The second kappa shape index (κ2) is 8.19. The minimum atomic E-state index is -0.375. The molecule has 0 aliphatic heterocycles. The summed E-state index contributed by atoms with van der Waals surface area (Å²) >= 11 is 3.16. The lowest BCUT2D eigenvalue weighted by Gasteiger charge is -2.12. The molecule has 4 rings (SSSR count). The summed E-state index contributed by atoms with van der Waals surface area (Å²) in [6, 6.07) is 10.1. The van der Waals surface area contributed by atoms with Crippen LogP contribution < -0.4 is 10.6 Å². The fourth-order valence-corrected chi connectivity index (χ4v) is 3.37. The average Bonchev–Trinajstić information content (AvgIpc) is 3.15. The minimum Gasteiger partial charge on any atom is -0.338 e. The van der Waals surface area contributed by atoms with Crippen LogP contribution in [0.1, 0.15) is 12.5 Å². The number of fused-ring (bicyclic) bond motifs is 1. The first kappa shape index (κ1) is 20.0. The molecule has 0 bridgehead atoms. The van der Waals surface area contributed by atoms with Gasteiger partial charge in [0.05, 0.1) is 22.6 Å². The van der Waals surface area contributed by atoms with Crippen molar-refractivity contribution in [3.05, 3.63) is 64.6 Å². The van der Waals surface area contributed by atoms with E-state index >= 15 is 0 Å². The van der Waals surface area contributed by atoms with Gasteiger partial charge in [-0.15, -0.1) is 0 Å². The van der Waals surface area contributed by atoms with Gasteiger partial charge in [0, 0.05) is 23.4 Å². The maximum Gasteiger partial charge on any atom is 0.319 e. The lowest BCUT2D eigenvalue weighted by atomic mass is 10.0. The topological polar surface area (TPSA) is 84.2 Å². The van der Waals surface area contributed by atoms with E-state index in [0.29, 0.717) is 39.4 Å². The van der Waals surface area contributed by atoms with Gasteiger partial charge >= 0.3 is 6.03 Å². The molecular weight excluding hydrogens is 451 g/mol. The molecule has 0 atom stereocenters. The van der Waals surface area contributed by atoms with E-state index in [4.69, 9.17) is 0 Å². The van der Waals surface area contributed by atoms with Crippen LogP contribution in [0.3, 0.4) is 0 Å². The van der Waals surface area contributed by atoms with Crippen LogP contribution in [-0.4, -0.2) is 32.2 Å². The van der Waals surface area contributed by atoms with Crippen molar-refractivity contribution < 1.29 is 9.18 Å². The summed E-state index contributed by atoms with van der Waals surface area (Å²) in [6.07, 6.45) is 3.24. The van der Waals surface area contributed by atoms with Crippen molar-refractivity contribution in [1.29, 1.82) is 0 Å². The molecule has 9 heteroatoms. The van der Waals surface area contributed by atoms with E-state index in [0.717, 1.165) is 11.1 Å². The van der Waals surface area contributed by atoms with Gasteiger partial charge in [-0.05, 0) is 53.5 Å². The second-order valence-corrected chi connectivity index (χ2v) is 7.44. The summed E-state index contributed by atoms with van der Waals surface area (Å²) in [6.45, 7) is 4.30. The molecule has 2 aromatic heterocycles. The van der Waals surface area contributed by atoms with Gasteiger partial charge in [0.15, 0.2) is 0 Å². The van der Waals surface area contributed by atoms with Crippen LogP contribution in [0.15, 0.2) is 53.3 Å². The van der Waals surface area contributed by atoms with Gasteiger partial charge in [0.1, 0.15) is 11.5 Å². The Morgan fingerprint density at radius 3 is 2.77 bits per heavy atom. The SMILES string of the molecule is CCNC(=O)Nc1cccc(-c2cnc3ncc(-c4ccc(Br)c(F)c4)nn23)c1C. The van der Waals surface area contributed by atoms with Crippen molar-refractivity contribution in [3.63, 3.8) is 0 Å². The molecular formula is C21H18BrFN6O. The molecule has 0 fully saturated rings. The predicted molar refractivity (Wildman–Crippen MR) is 117 cm³/mol. The number of imidazole rings is 1. The van der Waals surface area contributed by atoms with Crippen LogP contribution in [-0.2, 0) is 0 Å². The number of amides is 2. The van der Waals surface area contributed by atoms with Crippen molar-refractivity contribution in [2.75, 3.05) is 11.9 Å². The monoisotopic (exact) mass is 468 g/mol. The highest BCUT2D eigenvalue weighted by atomic mass is 79.9. The Bertz CT molecular complexity index is 1260. The molecule has 152 valence electrons. The fourth-order valence-electron chi connectivity index (χ4n) is 3.12. The van der Waals surface area contributed by atoms with Crippen molar-refractivity contribution in [3.8, 4) is 22.5 Å². The molecule has 0 unspecified atom stereocenters. The Kier molecular flexibility index (Phi) is 5.45. The minimum absolute atomic E-state index is 0.268. The van der Waals surface area contributed by atoms with Crippen LogP contribution in [0.25, 0.3) is 28.3 Å². The van der Waals surface area contributed by atoms with E-state index in [1.54, 1.807) is 29.0 Å². The largest absolute Gasteiger partial charge is 0.338 e. The molecule has 30 heavy (non-hydrogen) atoms. The summed E-state index contributed by atoms with van der Waals surface area (Å²) < 4.78 is 16.0. The number of carbonyl (C=O) groups is 1. The van der Waals surface area contributed by atoms with Gasteiger partial charge in [-0.1, -0.05) is 18.2 Å². The number of nitrogens with one attached hydrogen (secondary N) is 2. The molecule has 0 saturated carbocycles. The number of nitrogens with zero attached hydrogens (tertiary/aromatic N) is 4. The zero-order chi connectivity index (χ0) is 21.3. The van der Waals surface area contributed by atoms with E-state index in [1.165, 1.54) is 6.07 Å². The van der Waals surface area contributed by atoms with Gasteiger partial charge in [-0.25, -0.2) is 19.2 Å². The molecule has 2 heterocycles. The number of benzene rings is 2. The zero-order valence-electron chi connectivity index (χ0n) is 16.3. The Hall–Kier alpha value is -3.33. The highest BCUT2D eigenvalue weighted by molar-refractivity contribution is 9.10. The molecule has 2 aromatic carbocycles. The third-order valence-electron chi connectivity index (χ3n) is 4.64. The first-order valence-electron chi connectivity index (χ1n) is 9.29. The molecule has 4 aromatic rings. The first-order chi connectivity index (χ1) is 14.5. The van der Waals surface area contributed by atoms with Gasteiger partial charge in [-0.3, -0.25) is 0 Å². The van der Waals surface area contributed by atoms with Gasteiger partial charge in [0.25, 0.3) is 5.78 Å². The number of urea groups is 1. The zero-order valence-corrected chi connectivity index (χ0v) is 17.9. The van der Waals surface area contributed by atoms with E-state index in [9.17, 15) is 9.18 Å². The molecule has 0 radical (unpaired) electrons. The van der Waals surface area contributed by atoms with Crippen molar-refractivity contribution in [2.24, 2.45) is 0 Å². The average molecular weight is 469 g/mol. The summed E-state index contributed by atoms with van der Waals surface area (Å²) in [7, 11) is 0. The third kappa shape index (κ3) is 3.76. The van der Waals surface area contributed by atoms with Crippen LogP contribution >= 0.6 is 15.9 Å². The van der Waals surface area contributed by atoms with Gasteiger partial charge < -0.3 is 10.6 Å². The fraction of sp³-hybridized carbons (Fsp3) is 0.143. The lowest BCUT2D eigenvalue weighted by Crippen LogP contribution is -2.28. The summed E-state index contributed by atoms with van der Waals surface area (Å²) in [4.78, 5) is 20.6. The Balaban J connectivity index is 1.78. The van der Waals surface area contributed by atoms with Crippen molar-refractivity contribution in [1.82, 2.24) is 24.9 Å². The number of anilines is 1. The number of aromatic nitrogens is 4. The van der Waals surface area contributed by atoms with E-state index in [2.05, 4.69) is 41.6 Å². The van der Waals surface area contributed by atoms with Crippen LogP contribution in [0.4, 0.5) is 14.9 Å².